The van der Waals surface area contributed by atoms with Gasteiger partial charge in [-0.2, -0.15) is 5.10 Å². The van der Waals surface area contributed by atoms with Gasteiger partial charge in [0.15, 0.2) is 0 Å². The average Bonchev–Trinajstić information content (AvgIpc) is 2.78. The Morgan fingerprint density at radius 3 is 2.48 bits per heavy atom. The van der Waals surface area contributed by atoms with Crippen LogP contribution in [0.15, 0.2) is 34.9 Å². The minimum absolute atomic E-state index is 0.0219. The Hall–Kier alpha value is -1.66. The summed E-state index contributed by atoms with van der Waals surface area (Å²) in [4.78, 5) is 14.4. The maximum atomic E-state index is 12.6. The second kappa shape index (κ2) is 5.76. The first kappa shape index (κ1) is 16.2. The van der Waals surface area contributed by atoms with Crippen molar-refractivity contribution in [1.82, 2.24) is 14.7 Å². The first-order chi connectivity index (χ1) is 10.8. The Labute approximate surface area is 144 Å². The standard InChI is InChI=1S/C17H20BrN3O2/c1-11-15(16(22)20-9-12(10-20)17(2,3)23)8-19-21(11)14-6-4-13(18)5-7-14/h4-8,12,23H,9-10H2,1-3H3. The van der Waals surface area contributed by atoms with Crippen molar-refractivity contribution in [2.45, 2.75) is 26.4 Å². The van der Waals surface area contributed by atoms with E-state index < -0.39 is 5.60 Å². The molecule has 1 amide bonds. The van der Waals surface area contributed by atoms with Crippen LogP contribution in [0, 0.1) is 12.8 Å². The summed E-state index contributed by atoms with van der Waals surface area (Å²) in [5.41, 5.74) is 1.61. The molecule has 3 rings (SSSR count). The lowest BCUT2D eigenvalue weighted by Gasteiger charge is -2.45. The smallest absolute Gasteiger partial charge is 0.257 e. The summed E-state index contributed by atoms with van der Waals surface area (Å²) in [6.07, 6.45) is 1.62. The fraction of sp³-hybridized carbons (Fsp3) is 0.412. The molecule has 2 aromatic rings. The Balaban J connectivity index is 1.78. The molecule has 5 nitrogen and oxygen atoms in total. The van der Waals surface area contributed by atoms with E-state index in [1.165, 1.54) is 0 Å². The van der Waals surface area contributed by atoms with E-state index in [0.29, 0.717) is 18.7 Å². The molecular formula is C17H20BrN3O2. The van der Waals surface area contributed by atoms with Crippen LogP contribution in [0.4, 0.5) is 0 Å². The number of benzene rings is 1. The van der Waals surface area contributed by atoms with Gasteiger partial charge >= 0.3 is 0 Å². The van der Waals surface area contributed by atoms with Gasteiger partial charge in [-0.25, -0.2) is 4.68 Å². The van der Waals surface area contributed by atoms with Gasteiger partial charge < -0.3 is 10.0 Å². The first-order valence-electron chi connectivity index (χ1n) is 7.59. The summed E-state index contributed by atoms with van der Waals surface area (Å²) in [7, 11) is 0. The van der Waals surface area contributed by atoms with E-state index in [1.54, 1.807) is 29.6 Å². The third-order valence-electron chi connectivity index (χ3n) is 4.48. The Kier molecular flexibility index (Phi) is 4.06. The zero-order valence-corrected chi connectivity index (χ0v) is 15.0. The zero-order valence-electron chi connectivity index (χ0n) is 13.5. The number of carbonyl (C=O) groups excluding carboxylic acids is 1. The molecule has 2 heterocycles. The molecule has 0 aliphatic carbocycles. The molecule has 1 aliphatic rings. The zero-order chi connectivity index (χ0) is 16.8. The minimum Gasteiger partial charge on any atom is -0.390 e. The van der Waals surface area contributed by atoms with E-state index in [1.807, 2.05) is 31.2 Å². The number of halogens is 1. The fourth-order valence-electron chi connectivity index (χ4n) is 2.72. The lowest BCUT2D eigenvalue weighted by molar-refractivity contribution is -0.0507. The third-order valence-corrected chi connectivity index (χ3v) is 5.01. The second-order valence-electron chi connectivity index (χ2n) is 6.59. The monoisotopic (exact) mass is 377 g/mol. The lowest BCUT2D eigenvalue weighted by atomic mass is 9.84. The molecule has 23 heavy (non-hydrogen) atoms. The van der Waals surface area contributed by atoms with E-state index in [0.717, 1.165) is 15.9 Å². The largest absolute Gasteiger partial charge is 0.390 e. The van der Waals surface area contributed by atoms with Crippen LogP contribution < -0.4 is 0 Å². The van der Waals surface area contributed by atoms with Crippen molar-refractivity contribution in [3.8, 4) is 5.69 Å². The number of amides is 1. The third kappa shape index (κ3) is 3.05. The van der Waals surface area contributed by atoms with Gasteiger partial charge in [0.05, 0.1) is 28.7 Å². The van der Waals surface area contributed by atoms with Crippen molar-refractivity contribution in [3.05, 3.63) is 46.2 Å². The first-order valence-corrected chi connectivity index (χ1v) is 8.39. The average molecular weight is 378 g/mol. The minimum atomic E-state index is -0.743. The highest BCUT2D eigenvalue weighted by molar-refractivity contribution is 9.10. The summed E-state index contributed by atoms with van der Waals surface area (Å²) in [5, 5.41) is 14.3. The molecule has 0 bridgehead atoms. The van der Waals surface area contributed by atoms with E-state index in [-0.39, 0.29) is 11.8 Å². The van der Waals surface area contributed by atoms with Crippen LogP contribution in [0.5, 0.6) is 0 Å². The van der Waals surface area contributed by atoms with Gasteiger partial charge in [-0.15, -0.1) is 0 Å². The van der Waals surface area contributed by atoms with Crippen molar-refractivity contribution in [1.29, 1.82) is 0 Å². The second-order valence-corrected chi connectivity index (χ2v) is 7.51. The molecule has 0 unspecified atom stereocenters. The molecule has 0 spiro atoms. The predicted molar refractivity (Wildman–Crippen MR) is 91.7 cm³/mol. The quantitative estimate of drug-likeness (QED) is 0.894. The number of carbonyl (C=O) groups is 1. The number of aliphatic hydroxyl groups is 1. The van der Waals surface area contributed by atoms with Crippen LogP contribution in [-0.2, 0) is 0 Å². The maximum Gasteiger partial charge on any atom is 0.257 e. The number of rotatable bonds is 3. The van der Waals surface area contributed by atoms with Gasteiger partial charge in [-0.1, -0.05) is 15.9 Å². The van der Waals surface area contributed by atoms with Crippen LogP contribution in [0.3, 0.4) is 0 Å². The number of nitrogens with zero attached hydrogens (tertiary/aromatic N) is 3. The van der Waals surface area contributed by atoms with Crippen molar-refractivity contribution in [2.24, 2.45) is 5.92 Å². The molecule has 1 aromatic heterocycles. The molecule has 0 radical (unpaired) electrons. The molecule has 0 atom stereocenters. The van der Waals surface area contributed by atoms with Gasteiger partial charge in [0.1, 0.15) is 0 Å². The van der Waals surface area contributed by atoms with Crippen LogP contribution in [0.1, 0.15) is 29.9 Å². The Morgan fingerprint density at radius 1 is 1.30 bits per heavy atom. The highest BCUT2D eigenvalue weighted by Gasteiger charge is 2.40. The normalized spacial score (nSPS) is 15.6. The van der Waals surface area contributed by atoms with Gasteiger partial charge in [-0.05, 0) is 45.0 Å². The fourth-order valence-corrected chi connectivity index (χ4v) is 2.99. The van der Waals surface area contributed by atoms with Crippen LogP contribution in [0.2, 0.25) is 0 Å². The molecular weight excluding hydrogens is 358 g/mol. The number of hydrogen-bond acceptors (Lipinski definition) is 3. The highest BCUT2D eigenvalue weighted by Crippen LogP contribution is 2.29. The van der Waals surface area contributed by atoms with Gasteiger partial charge in [-0.3, -0.25) is 4.79 Å². The van der Waals surface area contributed by atoms with Crippen LogP contribution >= 0.6 is 15.9 Å². The molecule has 122 valence electrons. The van der Waals surface area contributed by atoms with Gasteiger partial charge in [0.25, 0.3) is 5.91 Å². The lowest BCUT2D eigenvalue weighted by Crippen LogP contribution is -2.57. The van der Waals surface area contributed by atoms with Crippen molar-refractivity contribution in [2.75, 3.05) is 13.1 Å². The Bertz CT molecular complexity index is 725. The van der Waals surface area contributed by atoms with E-state index in [9.17, 15) is 9.90 Å². The van der Waals surface area contributed by atoms with Gasteiger partial charge in [0.2, 0.25) is 0 Å². The van der Waals surface area contributed by atoms with E-state index in [4.69, 9.17) is 0 Å². The van der Waals surface area contributed by atoms with Crippen LogP contribution in [0.25, 0.3) is 5.69 Å². The maximum absolute atomic E-state index is 12.6. The summed E-state index contributed by atoms with van der Waals surface area (Å²) < 4.78 is 2.77. The molecule has 1 N–H and O–H groups in total. The van der Waals surface area contributed by atoms with Crippen molar-refractivity contribution in [3.63, 3.8) is 0 Å². The highest BCUT2D eigenvalue weighted by atomic mass is 79.9. The van der Waals surface area contributed by atoms with Crippen molar-refractivity contribution < 1.29 is 9.90 Å². The molecule has 1 saturated heterocycles. The summed E-state index contributed by atoms with van der Waals surface area (Å²) in [6.45, 7) is 6.65. The summed E-state index contributed by atoms with van der Waals surface area (Å²) in [5.74, 6) is 0.111. The number of likely N-dealkylation sites (tertiary alicyclic amines) is 1. The van der Waals surface area contributed by atoms with Crippen molar-refractivity contribution >= 4 is 21.8 Å². The van der Waals surface area contributed by atoms with E-state index >= 15 is 0 Å². The predicted octanol–water partition coefficient (Wildman–Crippen LogP) is 2.79. The molecule has 1 aliphatic heterocycles. The molecule has 6 heteroatoms. The SMILES string of the molecule is Cc1c(C(=O)N2CC(C(C)(C)O)C2)cnn1-c1ccc(Br)cc1. The van der Waals surface area contributed by atoms with E-state index in [2.05, 4.69) is 21.0 Å². The summed E-state index contributed by atoms with van der Waals surface area (Å²) >= 11 is 3.41. The Morgan fingerprint density at radius 2 is 1.91 bits per heavy atom. The van der Waals surface area contributed by atoms with Gasteiger partial charge in [0, 0.05) is 23.5 Å². The number of hydrogen-bond donors (Lipinski definition) is 1. The molecule has 1 aromatic carbocycles. The van der Waals surface area contributed by atoms with Crippen LogP contribution in [-0.4, -0.2) is 44.4 Å². The molecule has 1 fully saturated rings. The topological polar surface area (TPSA) is 58.4 Å². The number of aromatic nitrogens is 2. The molecule has 0 saturated carbocycles. The summed E-state index contributed by atoms with van der Waals surface area (Å²) in [6, 6.07) is 7.79.